The lowest BCUT2D eigenvalue weighted by Crippen LogP contribution is -2.42. The van der Waals surface area contributed by atoms with Gasteiger partial charge in [0.1, 0.15) is 0 Å². The first-order chi connectivity index (χ1) is 47.9. The van der Waals surface area contributed by atoms with Gasteiger partial charge in [0, 0.05) is 116 Å². The lowest BCUT2D eigenvalue weighted by Gasteiger charge is -2.16. The molecule has 6 aromatic heterocycles. The number of fused-ring (bicyclic) bond motifs is 5. The van der Waals surface area contributed by atoms with Gasteiger partial charge in [0.15, 0.2) is 33.5 Å². The van der Waals surface area contributed by atoms with Gasteiger partial charge in [-0.1, -0.05) is 25.7 Å². The second-order valence-electron chi connectivity index (χ2n) is 26.9. The van der Waals surface area contributed by atoms with E-state index in [9.17, 15) is 63.3 Å². The van der Waals surface area contributed by atoms with Crippen LogP contribution < -0.4 is 71.0 Å². The Balaban J connectivity index is 0.000000199. The molecule has 10 heterocycles. The molecule has 554 valence electrons. The summed E-state index contributed by atoms with van der Waals surface area (Å²) < 4.78 is 13.1. The lowest BCUT2D eigenvalue weighted by molar-refractivity contribution is -0.122. The van der Waals surface area contributed by atoms with E-state index in [2.05, 4.69) is 52.2 Å². The minimum Gasteiger partial charge on any atom is -0.393 e. The fourth-order valence-corrected chi connectivity index (χ4v) is 16.5. The van der Waals surface area contributed by atoms with E-state index < -0.39 is 17.9 Å². The van der Waals surface area contributed by atoms with E-state index in [0.717, 1.165) is 88.6 Å². The van der Waals surface area contributed by atoms with Gasteiger partial charge in [0.2, 0.25) is 17.8 Å². The number of imidazole rings is 3. The normalized spacial score (nSPS) is 19.3. The van der Waals surface area contributed by atoms with Crippen LogP contribution in [0.15, 0.2) is 41.4 Å². The van der Waals surface area contributed by atoms with Gasteiger partial charge in [-0.15, -0.1) is 0 Å². The average molecular weight is 1440 g/mol. The molecule has 4 fully saturated rings. The van der Waals surface area contributed by atoms with Crippen LogP contribution in [0.1, 0.15) is 156 Å². The number of carbonyl (C=O) groups excluding carboxylic acids is 4. The van der Waals surface area contributed by atoms with Gasteiger partial charge in [-0.3, -0.25) is 51.4 Å². The predicted octanol–water partition coefficient (Wildman–Crippen LogP) is 2.17. The highest BCUT2D eigenvalue weighted by atomic mass is 32.2. The summed E-state index contributed by atoms with van der Waals surface area (Å²) in [7, 11) is 8.54. The van der Waals surface area contributed by atoms with Crippen LogP contribution in [0.5, 0.6) is 0 Å². The zero-order valence-electron chi connectivity index (χ0n) is 59.2. The molecule has 6 aromatic rings. The van der Waals surface area contributed by atoms with Crippen molar-refractivity contribution in [1.82, 2.24) is 88.0 Å². The number of aliphatic hydroxyl groups is 3. The number of aliphatic hydroxyl groups excluding tert-OH is 3. The standard InChI is InChI=1S/C28H45N7O5S.C24H37N7O5S.C14H23N5O3/c1-19(36)11-7-10-16-35-26(38)24-25(30-18-33(24)2)34(28(35)40)15-9-4-3-8-14-29-22(37)13-6-5-12-21-23-20(17-41-21)31-27(39)32-23;1-15(32)7-5-6-11-31-22(34)20-21(26-14-29(20)2)30(24(31)36)12-10-25-18(33)9-4-3-8-17-19-16(13-37-17)27-23(35)28-19;1-9(20)7-5-6-8-19-12(21)10-11(18(4)14(19)22)16-13(15-2)17(10)3/h18-21,23,36H,3-17H2,1-2H3,(H,29,37)(H2,31,32,39);14-17,19,32H,3-13H2,1-2H3,(H,25,33)(H2,27,28,35);9,20H,5-8H2,1-4H3,(H,15,16)/t19-,20+,21+,23+;15-,16+,17+,19+;9-/m111/s1. The van der Waals surface area contributed by atoms with Gasteiger partial charge in [-0.2, -0.15) is 28.5 Å². The lowest BCUT2D eigenvalue weighted by atomic mass is 10.0. The molecule has 32 nitrogen and oxygen atoms in total. The first-order valence-corrected chi connectivity index (χ1v) is 37.6. The number of nitrogens with one attached hydrogen (secondary N) is 7. The largest absolute Gasteiger partial charge is 0.393 e. The molecule has 0 aromatic carbocycles. The molecule has 10 N–H and O–H groups in total. The molecule has 10 rings (SSSR count). The minimum absolute atomic E-state index is 0.0638. The molecule has 4 aliphatic heterocycles. The number of thioether (sulfide) groups is 2. The fourth-order valence-electron chi connectivity index (χ4n) is 13.4. The molecular formula is C66H105N19O13S2. The molecule has 4 aliphatic rings. The number of aromatic nitrogens is 12. The van der Waals surface area contributed by atoms with Crippen molar-refractivity contribution < 1.29 is 34.5 Å². The summed E-state index contributed by atoms with van der Waals surface area (Å²) >= 11 is 3.77. The summed E-state index contributed by atoms with van der Waals surface area (Å²) in [6, 6.07) is 0.685. The van der Waals surface area contributed by atoms with Crippen LogP contribution in [0, 0.1) is 0 Å². The number of nitrogens with zero attached hydrogens (tertiary/aromatic N) is 12. The monoisotopic (exact) mass is 1440 g/mol. The van der Waals surface area contributed by atoms with Gasteiger partial charge in [-0.05, 0) is 117 Å². The number of amides is 6. The number of anilines is 1. The number of hydrogen-bond acceptors (Lipinski definition) is 19. The molecule has 0 unspecified atom stereocenters. The second kappa shape index (κ2) is 37.3. The van der Waals surface area contributed by atoms with Crippen LogP contribution in [-0.4, -0.2) is 180 Å². The van der Waals surface area contributed by atoms with E-state index in [1.165, 1.54) is 29.2 Å². The maximum absolute atomic E-state index is 13.2. The van der Waals surface area contributed by atoms with E-state index in [1.54, 1.807) is 80.6 Å². The van der Waals surface area contributed by atoms with Crippen molar-refractivity contribution in [3.63, 3.8) is 0 Å². The minimum atomic E-state index is -0.441. The Morgan fingerprint density at radius 2 is 0.900 bits per heavy atom. The van der Waals surface area contributed by atoms with Crippen LogP contribution in [-0.2, 0) is 70.5 Å². The van der Waals surface area contributed by atoms with Crippen molar-refractivity contribution in [3.8, 4) is 0 Å². The molecule has 0 radical (unpaired) electrons. The summed E-state index contributed by atoms with van der Waals surface area (Å²) in [4.78, 5) is 138. The van der Waals surface area contributed by atoms with Crippen LogP contribution in [0.2, 0.25) is 0 Å². The third-order valence-corrected chi connectivity index (χ3v) is 22.0. The molecule has 100 heavy (non-hydrogen) atoms. The maximum Gasteiger partial charge on any atom is 0.332 e. The van der Waals surface area contributed by atoms with Gasteiger partial charge in [0.05, 0.1) is 55.1 Å². The Morgan fingerprint density at radius 3 is 1.36 bits per heavy atom. The second-order valence-corrected chi connectivity index (χ2v) is 29.5. The fraction of sp³-hybridized carbons (Fsp3) is 0.712. The Hall–Kier alpha value is -7.69. The number of rotatable bonds is 36. The summed E-state index contributed by atoms with van der Waals surface area (Å²) in [5.74, 6) is 2.42. The van der Waals surface area contributed by atoms with E-state index in [1.807, 2.05) is 23.5 Å². The highest BCUT2D eigenvalue weighted by Gasteiger charge is 2.43. The number of unbranched alkanes of at least 4 members (excludes halogenated alkanes) is 8. The molecule has 0 spiro atoms. The number of aryl methyl sites for hydroxylation is 5. The maximum atomic E-state index is 13.2. The van der Waals surface area contributed by atoms with E-state index in [4.69, 9.17) is 0 Å². The number of hydrogen-bond donors (Lipinski definition) is 10. The zero-order chi connectivity index (χ0) is 72.3. The van der Waals surface area contributed by atoms with Gasteiger partial charge in [-0.25, -0.2) is 33.9 Å². The van der Waals surface area contributed by atoms with Crippen molar-refractivity contribution in [1.29, 1.82) is 0 Å². The SMILES string of the molecule is CNc1nc2c(c(=O)n(CCCC[C@@H](C)O)c(=O)n2C)n1C.C[C@@H](O)CCCCn1c(=O)c2c(ncn2C)n(CCCCCCNC(=O)CCCC[C@@H]2SC[C@@H]3NC(=O)N[C@@H]32)c1=O.C[C@@H](O)CCCCn1c(=O)c2c(ncn2C)n(CCNC(=O)CCCC[C@@H]2SC[C@@H]3NC(=O)N[C@@H]32)c1=O. The Labute approximate surface area is 588 Å². The van der Waals surface area contributed by atoms with Gasteiger partial charge < -0.3 is 66.2 Å². The summed E-state index contributed by atoms with van der Waals surface area (Å²) in [6.07, 6.45) is 17.8. The number of carbonyl (C=O) groups is 4. The van der Waals surface area contributed by atoms with Crippen LogP contribution in [0.4, 0.5) is 15.5 Å². The molecule has 34 heteroatoms. The quantitative estimate of drug-likeness (QED) is 0.0199. The first-order valence-electron chi connectivity index (χ1n) is 35.5. The van der Waals surface area contributed by atoms with Crippen molar-refractivity contribution in [3.05, 3.63) is 75.2 Å². The first kappa shape index (κ1) is 78.0. The smallest absolute Gasteiger partial charge is 0.332 e. The summed E-state index contributed by atoms with van der Waals surface area (Å²) in [5.41, 5.74) is 0.130. The Bertz CT molecular complexity index is 4140. The van der Waals surface area contributed by atoms with Gasteiger partial charge in [0.25, 0.3) is 16.7 Å². The third-order valence-electron chi connectivity index (χ3n) is 19.0. The number of urea groups is 2. The molecule has 0 saturated carbocycles. The molecule has 9 atom stereocenters. The third kappa shape index (κ3) is 20.1. The van der Waals surface area contributed by atoms with Crippen molar-refractivity contribution in [2.24, 2.45) is 28.2 Å². The topological polar surface area (TPSA) is 399 Å². The van der Waals surface area contributed by atoms with Crippen molar-refractivity contribution in [2.75, 3.05) is 37.0 Å². The summed E-state index contributed by atoms with van der Waals surface area (Å²) in [5, 5.41) is 49.7. The van der Waals surface area contributed by atoms with Crippen molar-refractivity contribution in [2.45, 2.75) is 241 Å². The molecular weight excluding hydrogens is 1330 g/mol. The Morgan fingerprint density at radius 1 is 0.490 bits per heavy atom. The van der Waals surface area contributed by atoms with Gasteiger partial charge >= 0.3 is 29.1 Å². The predicted molar refractivity (Wildman–Crippen MR) is 387 cm³/mol. The molecule has 4 saturated heterocycles. The average Bonchev–Trinajstić information content (AvgIpc) is 1.53. The van der Waals surface area contributed by atoms with Crippen molar-refractivity contribution >= 4 is 86.8 Å². The van der Waals surface area contributed by atoms with E-state index in [0.29, 0.717) is 134 Å². The van der Waals surface area contributed by atoms with Crippen LogP contribution in [0.25, 0.3) is 33.5 Å². The summed E-state index contributed by atoms with van der Waals surface area (Å²) in [6.45, 7) is 7.69. The Kier molecular flexibility index (Phi) is 29.1. The van der Waals surface area contributed by atoms with Crippen LogP contribution >= 0.6 is 23.5 Å². The zero-order valence-corrected chi connectivity index (χ0v) is 60.8. The highest BCUT2D eigenvalue weighted by molar-refractivity contribution is 8.00. The van der Waals surface area contributed by atoms with E-state index >= 15 is 0 Å². The highest BCUT2D eigenvalue weighted by Crippen LogP contribution is 2.34. The molecule has 0 aliphatic carbocycles. The van der Waals surface area contributed by atoms with E-state index in [-0.39, 0.29) is 102 Å². The van der Waals surface area contributed by atoms with Crippen LogP contribution in [0.3, 0.4) is 0 Å². The molecule has 6 amide bonds. The molecule has 0 bridgehead atoms.